The first-order valence-electron chi connectivity index (χ1n) is 6.19. The SMILES string of the molecule is Nc1nc2ccccc2nc1NC1CCCOC1. The number of benzene rings is 1. The average Bonchev–Trinajstić information content (AvgIpc) is 2.41. The van der Waals surface area contributed by atoms with E-state index >= 15 is 0 Å². The molecular formula is C13H16N4O. The van der Waals surface area contributed by atoms with Crippen molar-refractivity contribution in [3.8, 4) is 0 Å². The number of hydrogen-bond donors (Lipinski definition) is 2. The number of hydrogen-bond acceptors (Lipinski definition) is 5. The summed E-state index contributed by atoms with van der Waals surface area (Å²) in [5.41, 5.74) is 7.60. The Morgan fingerprint density at radius 1 is 1.22 bits per heavy atom. The molecule has 94 valence electrons. The third-order valence-corrected chi connectivity index (χ3v) is 3.10. The molecule has 0 spiro atoms. The van der Waals surface area contributed by atoms with Crippen LogP contribution in [0.2, 0.25) is 0 Å². The number of nitrogens with two attached hydrogens (primary N) is 1. The van der Waals surface area contributed by atoms with E-state index in [-0.39, 0.29) is 6.04 Å². The Hall–Kier alpha value is -1.88. The second kappa shape index (κ2) is 4.78. The fourth-order valence-corrected chi connectivity index (χ4v) is 2.17. The molecule has 1 saturated heterocycles. The van der Waals surface area contributed by atoms with Gasteiger partial charge < -0.3 is 15.8 Å². The molecule has 0 bridgehead atoms. The van der Waals surface area contributed by atoms with Gasteiger partial charge in [0.05, 0.1) is 23.7 Å². The lowest BCUT2D eigenvalue weighted by Crippen LogP contribution is -2.30. The average molecular weight is 244 g/mol. The topological polar surface area (TPSA) is 73.1 Å². The predicted molar refractivity (Wildman–Crippen MR) is 71.4 cm³/mol. The number of anilines is 2. The fraction of sp³-hybridized carbons (Fsp3) is 0.385. The summed E-state index contributed by atoms with van der Waals surface area (Å²) in [6.07, 6.45) is 2.15. The predicted octanol–water partition coefficient (Wildman–Crippen LogP) is 1.80. The van der Waals surface area contributed by atoms with Gasteiger partial charge in [-0.05, 0) is 25.0 Å². The van der Waals surface area contributed by atoms with E-state index in [9.17, 15) is 0 Å². The maximum Gasteiger partial charge on any atom is 0.169 e. The quantitative estimate of drug-likeness (QED) is 0.842. The standard InChI is InChI=1S/C13H16N4O/c14-12-13(15-9-4-3-7-18-8-9)17-11-6-2-1-5-10(11)16-12/h1-2,5-6,9H,3-4,7-8H2,(H2,14,16)(H,15,17). The molecule has 3 rings (SSSR count). The molecule has 0 radical (unpaired) electrons. The maximum atomic E-state index is 5.93. The summed E-state index contributed by atoms with van der Waals surface area (Å²) in [5, 5.41) is 3.32. The van der Waals surface area contributed by atoms with Crippen molar-refractivity contribution in [1.29, 1.82) is 0 Å². The first-order chi connectivity index (χ1) is 8.83. The van der Waals surface area contributed by atoms with Crippen molar-refractivity contribution in [2.24, 2.45) is 0 Å². The minimum absolute atomic E-state index is 0.275. The number of para-hydroxylation sites is 2. The van der Waals surface area contributed by atoms with Gasteiger partial charge in [-0.25, -0.2) is 9.97 Å². The van der Waals surface area contributed by atoms with Gasteiger partial charge in [0, 0.05) is 6.61 Å². The Labute approximate surface area is 105 Å². The minimum atomic E-state index is 0.275. The van der Waals surface area contributed by atoms with Crippen LogP contribution in [-0.4, -0.2) is 29.2 Å². The van der Waals surface area contributed by atoms with E-state index in [4.69, 9.17) is 10.5 Å². The molecular weight excluding hydrogens is 228 g/mol. The van der Waals surface area contributed by atoms with Gasteiger partial charge >= 0.3 is 0 Å². The van der Waals surface area contributed by atoms with Gasteiger partial charge in [-0.1, -0.05) is 12.1 Å². The van der Waals surface area contributed by atoms with Crippen LogP contribution in [0, 0.1) is 0 Å². The highest BCUT2D eigenvalue weighted by Gasteiger charge is 2.16. The number of nitrogens with one attached hydrogen (secondary N) is 1. The van der Waals surface area contributed by atoms with E-state index in [1.54, 1.807) is 0 Å². The van der Waals surface area contributed by atoms with Gasteiger partial charge in [-0.15, -0.1) is 0 Å². The Morgan fingerprint density at radius 2 is 2.00 bits per heavy atom. The van der Waals surface area contributed by atoms with Gasteiger partial charge in [0.2, 0.25) is 0 Å². The van der Waals surface area contributed by atoms with Crippen molar-refractivity contribution in [3.63, 3.8) is 0 Å². The lowest BCUT2D eigenvalue weighted by molar-refractivity contribution is 0.0875. The zero-order valence-corrected chi connectivity index (χ0v) is 10.1. The molecule has 1 atom stereocenters. The number of nitrogens with zero attached hydrogens (tertiary/aromatic N) is 2. The van der Waals surface area contributed by atoms with Crippen LogP contribution in [0.5, 0.6) is 0 Å². The molecule has 0 aliphatic carbocycles. The fourth-order valence-electron chi connectivity index (χ4n) is 2.17. The minimum Gasteiger partial charge on any atom is -0.381 e. The summed E-state index contributed by atoms with van der Waals surface area (Å²) >= 11 is 0. The number of nitrogen functional groups attached to an aromatic ring is 1. The third kappa shape index (κ3) is 2.22. The molecule has 2 heterocycles. The molecule has 1 aliphatic heterocycles. The van der Waals surface area contributed by atoms with Crippen LogP contribution in [-0.2, 0) is 4.74 Å². The monoisotopic (exact) mass is 244 g/mol. The van der Waals surface area contributed by atoms with Crippen LogP contribution in [0.1, 0.15) is 12.8 Å². The molecule has 1 aromatic carbocycles. The summed E-state index contributed by atoms with van der Waals surface area (Å²) in [7, 11) is 0. The molecule has 1 aliphatic rings. The van der Waals surface area contributed by atoms with Crippen molar-refractivity contribution in [1.82, 2.24) is 9.97 Å². The van der Waals surface area contributed by atoms with E-state index in [1.807, 2.05) is 24.3 Å². The van der Waals surface area contributed by atoms with Crippen molar-refractivity contribution in [2.75, 3.05) is 24.3 Å². The summed E-state index contributed by atoms with van der Waals surface area (Å²) < 4.78 is 5.43. The van der Waals surface area contributed by atoms with E-state index in [0.29, 0.717) is 18.2 Å². The lowest BCUT2D eigenvalue weighted by Gasteiger charge is -2.24. The lowest BCUT2D eigenvalue weighted by atomic mass is 10.1. The van der Waals surface area contributed by atoms with Crippen molar-refractivity contribution in [2.45, 2.75) is 18.9 Å². The molecule has 0 saturated carbocycles. The van der Waals surface area contributed by atoms with Gasteiger partial charge in [-0.3, -0.25) is 0 Å². The molecule has 18 heavy (non-hydrogen) atoms. The van der Waals surface area contributed by atoms with E-state index in [1.165, 1.54) is 0 Å². The first-order valence-corrected chi connectivity index (χ1v) is 6.19. The third-order valence-electron chi connectivity index (χ3n) is 3.10. The molecule has 0 amide bonds. The summed E-state index contributed by atoms with van der Waals surface area (Å²) in [6.45, 7) is 1.55. The maximum absolute atomic E-state index is 5.93. The number of aromatic nitrogens is 2. The molecule has 5 heteroatoms. The molecule has 1 fully saturated rings. The van der Waals surface area contributed by atoms with Crippen LogP contribution in [0.3, 0.4) is 0 Å². The van der Waals surface area contributed by atoms with Gasteiger partial charge in [0.25, 0.3) is 0 Å². The second-order valence-electron chi connectivity index (χ2n) is 4.50. The highest BCUT2D eigenvalue weighted by molar-refractivity contribution is 5.79. The van der Waals surface area contributed by atoms with Crippen LogP contribution >= 0.6 is 0 Å². The van der Waals surface area contributed by atoms with Crippen LogP contribution in [0.15, 0.2) is 24.3 Å². The van der Waals surface area contributed by atoms with Crippen LogP contribution in [0.25, 0.3) is 11.0 Å². The molecule has 3 N–H and O–H groups in total. The van der Waals surface area contributed by atoms with Crippen molar-refractivity contribution < 1.29 is 4.74 Å². The summed E-state index contributed by atoms with van der Waals surface area (Å²) in [4.78, 5) is 8.87. The van der Waals surface area contributed by atoms with Crippen LogP contribution in [0.4, 0.5) is 11.6 Å². The van der Waals surface area contributed by atoms with E-state index in [0.717, 1.165) is 30.5 Å². The van der Waals surface area contributed by atoms with Gasteiger partial charge in [-0.2, -0.15) is 0 Å². The van der Waals surface area contributed by atoms with Gasteiger partial charge in [0.1, 0.15) is 0 Å². The Morgan fingerprint density at radius 3 is 2.72 bits per heavy atom. The molecule has 2 aromatic rings. The zero-order valence-electron chi connectivity index (χ0n) is 10.1. The van der Waals surface area contributed by atoms with Crippen molar-refractivity contribution in [3.05, 3.63) is 24.3 Å². The number of rotatable bonds is 2. The summed E-state index contributed by atoms with van der Waals surface area (Å²) in [6, 6.07) is 7.99. The van der Waals surface area contributed by atoms with Crippen molar-refractivity contribution >= 4 is 22.7 Å². The second-order valence-corrected chi connectivity index (χ2v) is 4.50. The normalized spacial score (nSPS) is 19.9. The van der Waals surface area contributed by atoms with E-state index in [2.05, 4.69) is 15.3 Å². The number of fused-ring (bicyclic) bond motifs is 1. The molecule has 1 unspecified atom stereocenters. The van der Waals surface area contributed by atoms with Crippen LogP contribution < -0.4 is 11.1 Å². The zero-order chi connectivity index (χ0) is 12.4. The first kappa shape index (κ1) is 11.2. The van der Waals surface area contributed by atoms with E-state index < -0.39 is 0 Å². The Balaban J connectivity index is 1.88. The Bertz CT molecular complexity index is 552. The highest BCUT2D eigenvalue weighted by Crippen LogP contribution is 2.20. The molecule has 5 nitrogen and oxygen atoms in total. The highest BCUT2D eigenvalue weighted by atomic mass is 16.5. The summed E-state index contributed by atoms with van der Waals surface area (Å²) in [5.74, 6) is 1.10. The Kier molecular flexibility index (Phi) is 2.98. The molecule has 1 aromatic heterocycles. The number of ether oxygens (including phenoxy) is 1. The largest absolute Gasteiger partial charge is 0.381 e. The smallest absolute Gasteiger partial charge is 0.169 e. The van der Waals surface area contributed by atoms with Gasteiger partial charge in [0.15, 0.2) is 11.6 Å².